The summed E-state index contributed by atoms with van der Waals surface area (Å²) in [6, 6.07) is 5.36. The number of amides is 1. The SMILES string of the molecule is CC(C)(N)CCC(=O)c1ccc2c(c1)CC(=O)N2. The molecule has 0 aromatic heterocycles. The van der Waals surface area contributed by atoms with Crippen molar-refractivity contribution < 1.29 is 9.59 Å². The third-order valence-electron chi connectivity index (χ3n) is 3.05. The van der Waals surface area contributed by atoms with E-state index in [9.17, 15) is 9.59 Å². The first-order valence-corrected chi connectivity index (χ1v) is 6.10. The summed E-state index contributed by atoms with van der Waals surface area (Å²) in [6.45, 7) is 3.82. The van der Waals surface area contributed by atoms with Gasteiger partial charge >= 0.3 is 0 Å². The molecular formula is C14H18N2O2. The highest BCUT2D eigenvalue weighted by Crippen LogP contribution is 2.24. The van der Waals surface area contributed by atoms with Crippen molar-refractivity contribution in [2.75, 3.05) is 5.32 Å². The average molecular weight is 246 g/mol. The topological polar surface area (TPSA) is 72.2 Å². The van der Waals surface area contributed by atoms with E-state index < -0.39 is 0 Å². The van der Waals surface area contributed by atoms with Gasteiger partial charge in [-0.25, -0.2) is 0 Å². The summed E-state index contributed by atoms with van der Waals surface area (Å²) in [5.74, 6) is 0.0633. The van der Waals surface area contributed by atoms with Gasteiger partial charge in [-0.1, -0.05) is 0 Å². The van der Waals surface area contributed by atoms with Crippen LogP contribution in [-0.2, 0) is 11.2 Å². The second-order valence-corrected chi connectivity index (χ2v) is 5.51. The van der Waals surface area contributed by atoms with Gasteiger partial charge in [0.05, 0.1) is 6.42 Å². The van der Waals surface area contributed by atoms with Gasteiger partial charge in [0.15, 0.2) is 5.78 Å². The van der Waals surface area contributed by atoms with Gasteiger partial charge in [0.25, 0.3) is 0 Å². The number of carbonyl (C=O) groups is 2. The number of hydrogen-bond acceptors (Lipinski definition) is 3. The molecule has 0 spiro atoms. The standard InChI is InChI=1S/C14H18N2O2/c1-14(2,15)6-5-12(17)9-3-4-11-10(7-9)8-13(18)16-11/h3-4,7H,5-6,8,15H2,1-2H3,(H,16,18). The fraction of sp³-hybridized carbons (Fsp3) is 0.429. The maximum absolute atomic E-state index is 12.0. The summed E-state index contributed by atoms with van der Waals surface area (Å²) in [5, 5.41) is 2.75. The van der Waals surface area contributed by atoms with Crippen LogP contribution in [0.5, 0.6) is 0 Å². The second kappa shape index (κ2) is 4.53. The largest absolute Gasteiger partial charge is 0.326 e. The third-order valence-corrected chi connectivity index (χ3v) is 3.05. The van der Waals surface area contributed by atoms with Crippen molar-refractivity contribution in [1.29, 1.82) is 0 Å². The number of anilines is 1. The average Bonchev–Trinajstić information content (AvgIpc) is 2.63. The van der Waals surface area contributed by atoms with Crippen molar-refractivity contribution in [1.82, 2.24) is 0 Å². The maximum Gasteiger partial charge on any atom is 0.228 e. The van der Waals surface area contributed by atoms with E-state index in [4.69, 9.17) is 5.73 Å². The van der Waals surface area contributed by atoms with Crippen molar-refractivity contribution in [2.45, 2.75) is 38.6 Å². The fourth-order valence-electron chi connectivity index (χ4n) is 1.98. The minimum atomic E-state index is -0.329. The highest BCUT2D eigenvalue weighted by Gasteiger charge is 2.20. The number of Topliss-reactive ketones (excluding diaryl/α,β-unsaturated/α-hetero) is 1. The molecule has 1 aliphatic rings. The maximum atomic E-state index is 12.0. The zero-order valence-corrected chi connectivity index (χ0v) is 10.7. The van der Waals surface area contributed by atoms with Gasteiger partial charge in [0, 0.05) is 23.2 Å². The second-order valence-electron chi connectivity index (χ2n) is 5.51. The van der Waals surface area contributed by atoms with Crippen LogP contribution in [0.2, 0.25) is 0 Å². The Morgan fingerprint density at radius 1 is 1.44 bits per heavy atom. The molecule has 1 aromatic carbocycles. The van der Waals surface area contributed by atoms with E-state index in [1.54, 1.807) is 18.2 Å². The molecule has 1 aliphatic heterocycles. The van der Waals surface area contributed by atoms with Crippen molar-refractivity contribution in [2.24, 2.45) is 5.73 Å². The summed E-state index contributed by atoms with van der Waals surface area (Å²) in [6.07, 6.45) is 1.45. The molecule has 0 radical (unpaired) electrons. The third kappa shape index (κ3) is 2.96. The molecule has 1 aromatic rings. The minimum Gasteiger partial charge on any atom is -0.326 e. The van der Waals surface area contributed by atoms with E-state index in [0.717, 1.165) is 11.3 Å². The van der Waals surface area contributed by atoms with E-state index in [-0.39, 0.29) is 17.2 Å². The monoisotopic (exact) mass is 246 g/mol. The van der Waals surface area contributed by atoms with Crippen LogP contribution < -0.4 is 11.1 Å². The molecule has 4 nitrogen and oxygen atoms in total. The summed E-state index contributed by atoms with van der Waals surface area (Å²) < 4.78 is 0. The predicted molar refractivity (Wildman–Crippen MR) is 70.6 cm³/mol. The molecule has 0 aliphatic carbocycles. The molecule has 1 amide bonds. The lowest BCUT2D eigenvalue weighted by molar-refractivity contribution is -0.115. The number of benzene rings is 1. The quantitative estimate of drug-likeness (QED) is 0.797. The molecule has 0 atom stereocenters. The van der Waals surface area contributed by atoms with E-state index in [1.807, 2.05) is 13.8 Å². The number of nitrogens with one attached hydrogen (secondary N) is 1. The zero-order chi connectivity index (χ0) is 13.3. The molecule has 0 fully saturated rings. The minimum absolute atomic E-state index is 0.0160. The Kier molecular flexibility index (Phi) is 3.22. The van der Waals surface area contributed by atoms with Gasteiger partial charge in [0.2, 0.25) is 5.91 Å². The van der Waals surface area contributed by atoms with Crippen LogP contribution in [0, 0.1) is 0 Å². The lowest BCUT2D eigenvalue weighted by atomic mass is 9.95. The number of ketones is 1. The number of rotatable bonds is 4. The molecule has 2 rings (SSSR count). The Bertz CT molecular complexity index is 501. The summed E-state index contributed by atoms with van der Waals surface area (Å²) in [4.78, 5) is 23.2. The van der Waals surface area contributed by atoms with Crippen LogP contribution in [0.25, 0.3) is 0 Å². The Labute approximate surface area is 107 Å². The van der Waals surface area contributed by atoms with Crippen molar-refractivity contribution >= 4 is 17.4 Å². The van der Waals surface area contributed by atoms with E-state index in [1.165, 1.54) is 0 Å². The van der Waals surface area contributed by atoms with Crippen molar-refractivity contribution in [3.05, 3.63) is 29.3 Å². The highest BCUT2D eigenvalue weighted by atomic mass is 16.1. The first kappa shape index (κ1) is 12.8. The smallest absolute Gasteiger partial charge is 0.228 e. The Hall–Kier alpha value is -1.68. The van der Waals surface area contributed by atoms with Gasteiger partial charge in [-0.15, -0.1) is 0 Å². The summed E-state index contributed by atoms with van der Waals surface area (Å²) >= 11 is 0. The Morgan fingerprint density at radius 3 is 2.83 bits per heavy atom. The number of carbonyl (C=O) groups excluding carboxylic acids is 2. The molecule has 3 N–H and O–H groups in total. The van der Waals surface area contributed by atoms with Crippen LogP contribution in [0.4, 0.5) is 5.69 Å². The summed E-state index contributed by atoms with van der Waals surface area (Å²) in [7, 11) is 0. The first-order chi connectivity index (χ1) is 8.35. The summed E-state index contributed by atoms with van der Waals surface area (Å²) in [5.41, 5.74) is 7.91. The number of nitrogens with two attached hydrogens (primary N) is 1. The Balaban J connectivity index is 2.08. The molecule has 0 unspecified atom stereocenters. The molecule has 0 saturated heterocycles. The fourth-order valence-corrected chi connectivity index (χ4v) is 1.98. The number of hydrogen-bond donors (Lipinski definition) is 2. The van der Waals surface area contributed by atoms with Crippen LogP contribution in [0.3, 0.4) is 0 Å². The molecule has 1 heterocycles. The van der Waals surface area contributed by atoms with Crippen LogP contribution in [0.1, 0.15) is 42.6 Å². The number of fused-ring (bicyclic) bond motifs is 1. The molecule has 0 saturated carbocycles. The van der Waals surface area contributed by atoms with Crippen molar-refractivity contribution in [3.63, 3.8) is 0 Å². The predicted octanol–water partition coefficient (Wildman–Crippen LogP) is 1.88. The molecule has 96 valence electrons. The lowest BCUT2D eigenvalue weighted by Crippen LogP contribution is -2.32. The molecular weight excluding hydrogens is 228 g/mol. The van der Waals surface area contributed by atoms with Gasteiger partial charge in [-0.05, 0) is 44.0 Å². The first-order valence-electron chi connectivity index (χ1n) is 6.10. The van der Waals surface area contributed by atoms with Crippen LogP contribution in [-0.4, -0.2) is 17.2 Å². The van der Waals surface area contributed by atoms with E-state index in [0.29, 0.717) is 24.8 Å². The molecule has 18 heavy (non-hydrogen) atoms. The highest BCUT2D eigenvalue weighted by molar-refractivity contribution is 6.02. The van der Waals surface area contributed by atoms with Gasteiger partial charge in [-0.3, -0.25) is 9.59 Å². The van der Waals surface area contributed by atoms with Gasteiger partial charge in [-0.2, -0.15) is 0 Å². The van der Waals surface area contributed by atoms with Crippen LogP contribution >= 0.6 is 0 Å². The Morgan fingerprint density at radius 2 is 2.17 bits per heavy atom. The molecule has 0 bridgehead atoms. The van der Waals surface area contributed by atoms with Crippen molar-refractivity contribution in [3.8, 4) is 0 Å². The van der Waals surface area contributed by atoms with Crippen LogP contribution in [0.15, 0.2) is 18.2 Å². The van der Waals surface area contributed by atoms with E-state index >= 15 is 0 Å². The van der Waals surface area contributed by atoms with E-state index in [2.05, 4.69) is 5.32 Å². The van der Waals surface area contributed by atoms with Gasteiger partial charge in [0.1, 0.15) is 0 Å². The normalized spacial score (nSPS) is 14.3. The molecule has 4 heteroatoms. The van der Waals surface area contributed by atoms with Gasteiger partial charge < -0.3 is 11.1 Å². The zero-order valence-electron chi connectivity index (χ0n) is 10.7. The lowest BCUT2D eigenvalue weighted by Gasteiger charge is -2.17.